The maximum absolute atomic E-state index is 4.19. The second-order valence-electron chi connectivity index (χ2n) is 3.96. The normalized spacial score (nSPS) is 18.1. The fourth-order valence-corrected chi connectivity index (χ4v) is 2.99. The van der Waals surface area contributed by atoms with Gasteiger partial charge >= 0.3 is 0 Å². The summed E-state index contributed by atoms with van der Waals surface area (Å²) in [6.45, 7) is 2.15. The molecular formula is C11H19N3S. The van der Waals surface area contributed by atoms with E-state index in [2.05, 4.69) is 22.2 Å². The van der Waals surface area contributed by atoms with Crippen LogP contribution in [0.4, 0.5) is 0 Å². The zero-order valence-corrected chi connectivity index (χ0v) is 9.88. The molecule has 2 rings (SSSR count). The standard InChI is InChI=1S/C11H19N3S/c1(7-14-8-2-6-13-14)5-12-11-3-9-15-10-4-11/h2,6,8,11-12H,1,3-5,7,9-10H2. The minimum absolute atomic E-state index is 0.767. The molecule has 1 aromatic rings. The lowest BCUT2D eigenvalue weighted by Crippen LogP contribution is -2.33. The number of hydrogen-bond donors (Lipinski definition) is 1. The van der Waals surface area contributed by atoms with Gasteiger partial charge in [0.15, 0.2) is 0 Å². The quantitative estimate of drug-likeness (QED) is 0.774. The lowest BCUT2D eigenvalue weighted by molar-refractivity contribution is 0.456. The van der Waals surface area contributed by atoms with E-state index in [1.165, 1.54) is 30.8 Å². The molecule has 0 aromatic carbocycles. The van der Waals surface area contributed by atoms with E-state index in [0.717, 1.165) is 19.1 Å². The van der Waals surface area contributed by atoms with Crippen LogP contribution in [0.2, 0.25) is 0 Å². The van der Waals surface area contributed by atoms with Crippen LogP contribution in [-0.4, -0.2) is 33.9 Å². The van der Waals surface area contributed by atoms with Gasteiger partial charge in [0.1, 0.15) is 0 Å². The Balaban J connectivity index is 1.54. The molecule has 0 amide bonds. The number of nitrogens with zero attached hydrogens (tertiary/aromatic N) is 2. The summed E-state index contributed by atoms with van der Waals surface area (Å²) in [5.41, 5.74) is 0. The Bertz CT molecular complexity index is 255. The lowest BCUT2D eigenvalue weighted by Gasteiger charge is -2.22. The highest BCUT2D eigenvalue weighted by Crippen LogP contribution is 2.16. The molecule has 1 fully saturated rings. The van der Waals surface area contributed by atoms with Crippen molar-refractivity contribution < 1.29 is 0 Å². The lowest BCUT2D eigenvalue weighted by atomic mass is 10.1. The Kier molecular flexibility index (Phi) is 4.54. The van der Waals surface area contributed by atoms with E-state index in [9.17, 15) is 0 Å². The van der Waals surface area contributed by atoms with Crippen molar-refractivity contribution in [1.29, 1.82) is 0 Å². The topological polar surface area (TPSA) is 29.9 Å². The summed E-state index contributed by atoms with van der Waals surface area (Å²) in [5.74, 6) is 2.66. The molecule has 1 aliphatic rings. The molecule has 2 heterocycles. The van der Waals surface area contributed by atoms with Crippen molar-refractivity contribution in [2.45, 2.75) is 31.8 Å². The van der Waals surface area contributed by atoms with Gasteiger partial charge in [-0.2, -0.15) is 16.9 Å². The van der Waals surface area contributed by atoms with Gasteiger partial charge in [-0.05, 0) is 43.4 Å². The molecule has 0 saturated carbocycles. The first kappa shape index (κ1) is 11.0. The number of aryl methyl sites for hydroxylation is 1. The Morgan fingerprint density at radius 3 is 3.00 bits per heavy atom. The second kappa shape index (κ2) is 6.18. The van der Waals surface area contributed by atoms with Crippen LogP contribution in [0, 0.1) is 0 Å². The summed E-state index contributed by atoms with van der Waals surface area (Å²) in [7, 11) is 0. The van der Waals surface area contributed by atoms with Gasteiger partial charge in [0.25, 0.3) is 0 Å². The SMILES string of the molecule is c1cnn(CCCNC2CCSCC2)c1. The van der Waals surface area contributed by atoms with Gasteiger partial charge in [0, 0.05) is 25.0 Å². The summed E-state index contributed by atoms with van der Waals surface area (Å²) in [6, 6.07) is 2.75. The van der Waals surface area contributed by atoms with Crippen molar-refractivity contribution in [1.82, 2.24) is 15.1 Å². The van der Waals surface area contributed by atoms with Crippen molar-refractivity contribution in [3.8, 4) is 0 Å². The molecule has 3 nitrogen and oxygen atoms in total. The minimum atomic E-state index is 0.767. The van der Waals surface area contributed by atoms with Crippen molar-refractivity contribution in [2.24, 2.45) is 0 Å². The van der Waals surface area contributed by atoms with Gasteiger partial charge in [-0.1, -0.05) is 0 Å². The van der Waals surface area contributed by atoms with E-state index in [4.69, 9.17) is 0 Å². The zero-order valence-electron chi connectivity index (χ0n) is 9.06. The van der Waals surface area contributed by atoms with E-state index in [1.807, 2.05) is 23.1 Å². The van der Waals surface area contributed by atoms with Gasteiger partial charge in [-0.3, -0.25) is 4.68 Å². The molecule has 1 aromatic heterocycles. The molecule has 0 radical (unpaired) electrons. The summed E-state index contributed by atoms with van der Waals surface area (Å²) >= 11 is 2.08. The molecule has 1 N–H and O–H groups in total. The third-order valence-electron chi connectivity index (χ3n) is 2.78. The molecule has 4 heteroatoms. The van der Waals surface area contributed by atoms with Gasteiger partial charge in [-0.15, -0.1) is 0 Å². The zero-order chi connectivity index (χ0) is 10.3. The fourth-order valence-electron chi connectivity index (χ4n) is 1.88. The van der Waals surface area contributed by atoms with Gasteiger partial charge in [0.05, 0.1) is 0 Å². The molecule has 0 atom stereocenters. The highest BCUT2D eigenvalue weighted by atomic mass is 32.2. The maximum Gasteiger partial charge on any atom is 0.0489 e. The Hall–Kier alpha value is -0.480. The molecule has 15 heavy (non-hydrogen) atoms. The van der Waals surface area contributed by atoms with Crippen LogP contribution in [0.5, 0.6) is 0 Å². The van der Waals surface area contributed by atoms with Crippen LogP contribution in [0.25, 0.3) is 0 Å². The average molecular weight is 225 g/mol. The van der Waals surface area contributed by atoms with E-state index in [-0.39, 0.29) is 0 Å². The van der Waals surface area contributed by atoms with Crippen LogP contribution in [0.15, 0.2) is 18.5 Å². The maximum atomic E-state index is 4.19. The third kappa shape index (κ3) is 3.87. The third-order valence-corrected chi connectivity index (χ3v) is 3.83. The molecule has 0 bridgehead atoms. The second-order valence-corrected chi connectivity index (χ2v) is 5.19. The first-order chi connectivity index (χ1) is 7.45. The predicted octanol–water partition coefficient (Wildman–Crippen LogP) is 1.76. The van der Waals surface area contributed by atoms with E-state index in [0.29, 0.717) is 0 Å². The summed E-state index contributed by atoms with van der Waals surface area (Å²) in [4.78, 5) is 0. The van der Waals surface area contributed by atoms with E-state index < -0.39 is 0 Å². The summed E-state index contributed by atoms with van der Waals surface area (Å²) in [6.07, 6.45) is 7.72. The highest BCUT2D eigenvalue weighted by molar-refractivity contribution is 7.99. The smallest absolute Gasteiger partial charge is 0.0489 e. The van der Waals surface area contributed by atoms with Crippen LogP contribution >= 0.6 is 11.8 Å². The highest BCUT2D eigenvalue weighted by Gasteiger charge is 2.11. The van der Waals surface area contributed by atoms with Crippen LogP contribution in [0.1, 0.15) is 19.3 Å². The first-order valence-corrected chi connectivity index (χ1v) is 6.89. The molecule has 1 aliphatic heterocycles. The van der Waals surface area contributed by atoms with Crippen molar-refractivity contribution >= 4 is 11.8 Å². The number of nitrogens with one attached hydrogen (secondary N) is 1. The van der Waals surface area contributed by atoms with Crippen LogP contribution < -0.4 is 5.32 Å². The van der Waals surface area contributed by atoms with Crippen molar-refractivity contribution in [3.05, 3.63) is 18.5 Å². The van der Waals surface area contributed by atoms with Crippen molar-refractivity contribution in [2.75, 3.05) is 18.1 Å². The molecule has 1 saturated heterocycles. The number of aromatic nitrogens is 2. The number of hydrogen-bond acceptors (Lipinski definition) is 3. The monoisotopic (exact) mass is 225 g/mol. The van der Waals surface area contributed by atoms with Crippen LogP contribution in [-0.2, 0) is 6.54 Å². The van der Waals surface area contributed by atoms with Crippen LogP contribution in [0.3, 0.4) is 0 Å². The largest absolute Gasteiger partial charge is 0.314 e. The number of rotatable bonds is 5. The molecule has 0 unspecified atom stereocenters. The summed E-state index contributed by atoms with van der Waals surface area (Å²) in [5, 5.41) is 7.82. The Morgan fingerprint density at radius 1 is 1.40 bits per heavy atom. The van der Waals surface area contributed by atoms with Crippen molar-refractivity contribution in [3.63, 3.8) is 0 Å². The first-order valence-electron chi connectivity index (χ1n) is 5.74. The Morgan fingerprint density at radius 2 is 2.27 bits per heavy atom. The van der Waals surface area contributed by atoms with Gasteiger partial charge in [0.2, 0.25) is 0 Å². The molecule has 0 spiro atoms. The fraction of sp³-hybridized carbons (Fsp3) is 0.727. The van der Waals surface area contributed by atoms with E-state index >= 15 is 0 Å². The predicted molar refractivity (Wildman–Crippen MR) is 65.2 cm³/mol. The van der Waals surface area contributed by atoms with Gasteiger partial charge < -0.3 is 5.32 Å². The number of thioether (sulfide) groups is 1. The molecular weight excluding hydrogens is 206 g/mol. The average Bonchev–Trinajstić information content (AvgIpc) is 2.79. The minimum Gasteiger partial charge on any atom is -0.314 e. The van der Waals surface area contributed by atoms with Gasteiger partial charge in [-0.25, -0.2) is 0 Å². The molecule has 0 aliphatic carbocycles. The Labute approximate surface area is 95.6 Å². The van der Waals surface area contributed by atoms with E-state index in [1.54, 1.807) is 0 Å². The summed E-state index contributed by atoms with van der Waals surface area (Å²) < 4.78 is 2.00. The molecule has 84 valence electrons.